The number of piperazine rings is 1. The average molecular weight is 380 g/mol. The molecule has 1 aromatic heterocycles. The molecule has 27 heavy (non-hydrogen) atoms. The van der Waals surface area contributed by atoms with E-state index in [9.17, 15) is 10.1 Å². The van der Waals surface area contributed by atoms with Gasteiger partial charge in [-0.05, 0) is 24.3 Å². The van der Waals surface area contributed by atoms with E-state index in [0.717, 1.165) is 31.9 Å². The van der Waals surface area contributed by atoms with Crippen molar-refractivity contribution in [2.75, 3.05) is 31.1 Å². The number of aromatic amines is 1. The Kier molecular flexibility index (Phi) is 4.80. The number of nitrogens with one attached hydrogen (secondary N) is 1. The van der Waals surface area contributed by atoms with Crippen LogP contribution in [0.1, 0.15) is 11.4 Å². The number of H-pyrrole nitrogens is 1. The smallest absolute Gasteiger partial charge is 0.258 e. The van der Waals surface area contributed by atoms with Gasteiger partial charge < -0.3 is 9.88 Å². The van der Waals surface area contributed by atoms with Gasteiger partial charge in [-0.3, -0.25) is 9.69 Å². The van der Waals surface area contributed by atoms with Gasteiger partial charge in [0, 0.05) is 26.2 Å². The van der Waals surface area contributed by atoms with E-state index in [1.54, 1.807) is 18.2 Å². The zero-order valence-corrected chi connectivity index (χ0v) is 15.4. The molecular weight excluding hydrogens is 362 g/mol. The molecule has 4 rings (SSSR count). The van der Waals surface area contributed by atoms with Gasteiger partial charge in [-0.1, -0.05) is 29.8 Å². The number of nitrogens with zero attached hydrogens (tertiary/aromatic N) is 4. The Morgan fingerprint density at radius 2 is 1.89 bits per heavy atom. The molecular formula is C20H18ClN5O. The molecule has 2 aromatic carbocycles. The number of para-hydroxylation sites is 2. The summed E-state index contributed by atoms with van der Waals surface area (Å²) in [5.74, 6) is 0.669. The molecule has 0 aliphatic carbocycles. The average Bonchev–Trinajstić information content (AvgIpc) is 2.68. The summed E-state index contributed by atoms with van der Waals surface area (Å²) in [6.45, 7) is 3.70. The molecule has 1 aliphatic heterocycles. The standard InChI is InChI=1S/C20H18ClN5O/c21-16-6-3-4-14(12-22)19(16)26-10-8-25(9-11-26)13-18-23-17-7-2-1-5-15(17)20(27)24-18/h1-7H,8-11,13H2,(H,23,24,27). The highest BCUT2D eigenvalue weighted by Crippen LogP contribution is 2.30. The summed E-state index contributed by atoms with van der Waals surface area (Å²) in [5, 5.41) is 10.6. The highest BCUT2D eigenvalue weighted by Gasteiger charge is 2.22. The minimum absolute atomic E-state index is 0.107. The summed E-state index contributed by atoms with van der Waals surface area (Å²) in [4.78, 5) is 24.1. The predicted octanol–water partition coefficient (Wildman–Crippen LogP) is 2.77. The molecule has 7 heteroatoms. The van der Waals surface area contributed by atoms with Crippen molar-refractivity contribution in [1.29, 1.82) is 5.26 Å². The summed E-state index contributed by atoms with van der Waals surface area (Å²) in [6.07, 6.45) is 0. The van der Waals surface area contributed by atoms with Gasteiger partial charge in [-0.2, -0.15) is 5.26 Å². The van der Waals surface area contributed by atoms with Gasteiger partial charge in [0.05, 0.1) is 33.7 Å². The lowest BCUT2D eigenvalue weighted by molar-refractivity contribution is 0.244. The van der Waals surface area contributed by atoms with Crippen LogP contribution in [0.4, 0.5) is 5.69 Å². The fraction of sp³-hybridized carbons (Fsp3) is 0.250. The van der Waals surface area contributed by atoms with Crippen LogP contribution in [-0.4, -0.2) is 41.0 Å². The molecule has 136 valence electrons. The number of hydrogen-bond acceptors (Lipinski definition) is 5. The van der Waals surface area contributed by atoms with E-state index >= 15 is 0 Å². The molecule has 6 nitrogen and oxygen atoms in total. The SMILES string of the molecule is N#Cc1cccc(Cl)c1N1CCN(Cc2nc3ccccc3c(=O)[nH]2)CC1. The number of benzene rings is 2. The highest BCUT2D eigenvalue weighted by atomic mass is 35.5. The minimum Gasteiger partial charge on any atom is -0.367 e. The molecule has 3 aromatic rings. The summed E-state index contributed by atoms with van der Waals surface area (Å²) in [5.41, 5.74) is 2.00. The number of aromatic nitrogens is 2. The first-order chi connectivity index (χ1) is 13.2. The first-order valence-electron chi connectivity index (χ1n) is 8.79. The van der Waals surface area contributed by atoms with Crippen LogP contribution in [-0.2, 0) is 6.54 Å². The first kappa shape index (κ1) is 17.5. The van der Waals surface area contributed by atoms with E-state index in [1.807, 2.05) is 24.3 Å². The second kappa shape index (κ2) is 7.39. The largest absolute Gasteiger partial charge is 0.367 e. The molecule has 1 aliphatic rings. The second-order valence-corrected chi connectivity index (χ2v) is 6.95. The molecule has 0 spiro atoms. The molecule has 0 unspecified atom stereocenters. The molecule has 0 radical (unpaired) electrons. The second-order valence-electron chi connectivity index (χ2n) is 6.54. The first-order valence-corrected chi connectivity index (χ1v) is 9.17. The summed E-state index contributed by atoms with van der Waals surface area (Å²) in [7, 11) is 0. The van der Waals surface area contributed by atoms with Crippen LogP contribution in [0, 0.1) is 11.3 Å². The molecule has 1 N–H and O–H groups in total. The van der Waals surface area contributed by atoms with E-state index < -0.39 is 0 Å². The summed E-state index contributed by atoms with van der Waals surface area (Å²) in [6, 6.07) is 15.0. The third-order valence-electron chi connectivity index (χ3n) is 4.83. The van der Waals surface area contributed by atoms with Gasteiger partial charge in [0.2, 0.25) is 0 Å². The Hall–Kier alpha value is -2.88. The summed E-state index contributed by atoms with van der Waals surface area (Å²) >= 11 is 6.32. The van der Waals surface area contributed by atoms with Crippen LogP contribution in [0.15, 0.2) is 47.3 Å². The normalized spacial score (nSPS) is 15.0. The number of halogens is 1. The van der Waals surface area contributed by atoms with Crippen molar-refractivity contribution in [3.63, 3.8) is 0 Å². The van der Waals surface area contributed by atoms with Gasteiger partial charge in [-0.15, -0.1) is 0 Å². The van der Waals surface area contributed by atoms with Crippen molar-refractivity contribution in [2.24, 2.45) is 0 Å². The maximum atomic E-state index is 12.2. The van der Waals surface area contributed by atoms with Crippen LogP contribution < -0.4 is 10.5 Å². The number of rotatable bonds is 3. The Morgan fingerprint density at radius 3 is 2.67 bits per heavy atom. The number of nitriles is 1. The van der Waals surface area contributed by atoms with E-state index in [2.05, 4.69) is 25.8 Å². The van der Waals surface area contributed by atoms with Crippen molar-refractivity contribution in [3.8, 4) is 6.07 Å². The molecule has 2 heterocycles. The lowest BCUT2D eigenvalue weighted by Gasteiger charge is -2.36. The van der Waals surface area contributed by atoms with Crippen LogP contribution in [0.2, 0.25) is 5.02 Å². The van der Waals surface area contributed by atoms with Crippen molar-refractivity contribution >= 4 is 28.2 Å². The highest BCUT2D eigenvalue weighted by molar-refractivity contribution is 6.33. The lowest BCUT2D eigenvalue weighted by atomic mass is 10.1. The van der Waals surface area contributed by atoms with Gasteiger partial charge in [0.1, 0.15) is 11.9 Å². The van der Waals surface area contributed by atoms with Crippen molar-refractivity contribution in [3.05, 3.63) is 69.2 Å². The molecule has 0 atom stereocenters. The third-order valence-corrected chi connectivity index (χ3v) is 5.14. The third kappa shape index (κ3) is 3.52. The van der Waals surface area contributed by atoms with Crippen LogP contribution >= 0.6 is 11.6 Å². The Labute approximate surface area is 161 Å². The quantitative estimate of drug-likeness (QED) is 0.757. The number of fused-ring (bicyclic) bond motifs is 1. The Bertz CT molecular complexity index is 1080. The topological polar surface area (TPSA) is 76.0 Å². The Balaban J connectivity index is 1.48. The maximum absolute atomic E-state index is 12.2. The van der Waals surface area contributed by atoms with Crippen LogP contribution in [0.25, 0.3) is 10.9 Å². The van der Waals surface area contributed by atoms with Gasteiger partial charge in [0.25, 0.3) is 5.56 Å². The summed E-state index contributed by atoms with van der Waals surface area (Å²) < 4.78 is 0. The van der Waals surface area contributed by atoms with Crippen molar-refractivity contribution < 1.29 is 0 Å². The lowest BCUT2D eigenvalue weighted by Crippen LogP contribution is -2.46. The van der Waals surface area contributed by atoms with Crippen LogP contribution in [0.3, 0.4) is 0 Å². The predicted molar refractivity (Wildman–Crippen MR) is 106 cm³/mol. The van der Waals surface area contributed by atoms with E-state index in [-0.39, 0.29) is 5.56 Å². The van der Waals surface area contributed by atoms with Crippen molar-refractivity contribution in [1.82, 2.24) is 14.9 Å². The maximum Gasteiger partial charge on any atom is 0.258 e. The monoisotopic (exact) mass is 379 g/mol. The van der Waals surface area contributed by atoms with E-state index in [1.165, 1.54) is 0 Å². The van der Waals surface area contributed by atoms with E-state index in [4.69, 9.17) is 11.6 Å². The van der Waals surface area contributed by atoms with E-state index in [0.29, 0.717) is 33.9 Å². The molecule has 0 bridgehead atoms. The zero-order chi connectivity index (χ0) is 18.8. The van der Waals surface area contributed by atoms with Crippen LogP contribution in [0.5, 0.6) is 0 Å². The minimum atomic E-state index is -0.107. The molecule has 1 fully saturated rings. The zero-order valence-electron chi connectivity index (χ0n) is 14.7. The van der Waals surface area contributed by atoms with Gasteiger partial charge >= 0.3 is 0 Å². The van der Waals surface area contributed by atoms with Gasteiger partial charge in [-0.25, -0.2) is 4.98 Å². The Morgan fingerprint density at radius 1 is 1.11 bits per heavy atom. The fourth-order valence-electron chi connectivity index (χ4n) is 3.48. The number of anilines is 1. The molecule has 1 saturated heterocycles. The van der Waals surface area contributed by atoms with Gasteiger partial charge in [0.15, 0.2) is 0 Å². The molecule has 0 saturated carbocycles. The fourth-order valence-corrected chi connectivity index (χ4v) is 3.77. The number of hydrogen-bond donors (Lipinski definition) is 1. The van der Waals surface area contributed by atoms with Crippen molar-refractivity contribution in [2.45, 2.75) is 6.54 Å². The molecule has 0 amide bonds.